The van der Waals surface area contributed by atoms with E-state index in [1.807, 2.05) is 24.3 Å². The molecular weight excluding hydrogens is 352 g/mol. The van der Waals surface area contributed by atoms with Crippen LogP contribution in [0.15, 0.2) is 28.7 Å². The Bertz CT molecular complexity index is 548. The van der Waals surface area contributed by atoms with E-state index in [0.29, 0.717) is 6.42 Å². The predicted octanol–water partition coefficient (Wildman–Crippen LogP) is 1.30. The fourth-order valence-electron chi connectivity index (χ4n) is 1.84. The van der Waals surface area contributed by atoms with Gasteiger partial charge in [-0.15, -0.1) is 0 Å². The van der Waals surface area contributed by atoms with Crippen LogP contribution in [0.2, 0.25) is 0 Å². The monoisotopic (exact) mass is 370 g/mol. The van der Waals surface area contributed by atoms with E-state index in [2.05, 4.69) is 21.2 Å². The second kappa shape index (κ2) is 9.19. The average molecular weight is 371 g/mol. The Morgan fingerprint density at radius 2 is 2.05 bits per heavy atom. The Kier molecular flexibility index (Phi) is 7.59. The van der Waals surface area contributed by atoms with Gasteiger partial charge in [-0.1, -0.05) is 28.1 Å². The maximum atomic E-state index is 11.8. The summed E-state index contributed by atoms with van der Waals surface area (Å²) in [6.07, 6.45) is 0.225. The number of nitrogens with one attached hydrogen (secondary N) is 1. The maximum absolute atomic E-state index is 11.8. The van der Waals surface area contributed by atoms with Crippen molar-refractivity contribution in [2.75, 3.05) is 6.61 Å². The van der Waals surface area contributed by atoms with Crippen molar-refractivity contribution in [2.45, 2.75) is 32.2 Å². The Morgan fingerprint density at radius 1 is 1.32 bits per heavy atom. The van der Waals surface area contributed by atoms with Crippen LogP contribution in [0.3, 0.4) is 0 Å². The molecule has 0 fully saturated rings. The summed E-state index contributed by atoms with van der Waals surface area (Å²) in [5.41, 5.74) is 6.18. The molecule has 0 aliphatic heterocycles. The quantitative estimate of drug-likeness (QED) is 0.673. The molecule has 1 rings (SSSR count). The van der Waals surface area contributed by atoms with Crippen molar-refractivity contribution in [3.63, 3.8) is 0 Å². The summed E-state index contributed by atoms with van der Waals surface area (Å²) in [6.45, 7) is 1.96. The number of esters is 1. The normalized spacial score (nSPS) is 11.5. The van der Waals surface area contributed by atoms with E-state index >= 15 is 0 Å². The topological polar surface area (TPSA) is 98.5 Å². The first kappa shape index (κ1) is 18.2. The number of benzene rings is 1. The van der Waals surface area contributed by atoms with Crippen LogP contribution in [0.1, 0.15) is 25.3 Å². The van der Waals surface area contributed by atoms with Crippen LogP contribution in [-0.2, 0) is 25.5 Å². The van der Waals surface area contributed by atoms with Crippen LogP contribution < -0.4 is 11.1 Å². The summed E-state index contributed by atoms with van der Waals surface area (Å²) in [5.74, 6) is -1.48. The highest BCUT2D eigenvalue weighted by molar-refractivity contribution is 9.10. The van der Waals surface area contributed by atoms with E-state index in [0.717, 1.165) is 10.0 Å². The van der Waals surface area contributed by atoms with E-state index in [-0.39, 0.29) is 19.4 Å². The van der Waals surface area contributed by atoms with Gasteiger partial charge in [0.15, 0.2) is 0 Å². The van der Waals surface area contributed by atoms with Crippen LogP contribution in [0.4, 0.5) is 0 Å². The van der Waals surface area contributed by atoms with Crippen LogP contribution >= 0.6 is 15.9 Å². The number of halogens is 1. The number of hydrogen-bond donors (Lipinski definition) is 2. The van der Waals surface area contributed by atoms with Gasteiger partial charge in [0.25, 0.3) is 0 Å². The number of hydrogen-bond acceptors (Lipinski definition) is 4. The smallest absolute Gasteiger partial charge is 0.306 e. The fourth-order valence-corrected chi connectivity index (χ4v) is 2.28. The summed E-state index contributed by atoms with van der Waals surface area (Å²) in [7, 11) is 0. The fraction of sp³-hybridized carbons (Fsp3) is 0.400. The molecule has 6 nitrogen and oxygen atoms in total. The van der Waals surface area contributed by atoms with Crippen LogP contribution in [-0.4, -0.2) is 30.4 Å². The minimum absolute atomic E-state index is 0.0258. The van der Waals surface area contributed by atoms with Crippen molar-refractivity contribution in [1.82, 2.24) is 5.32 Å². The first-order valence-corrected chi connectivity index (χ1v) is 7.70. The van der Waals surface area contributed by atoms with Gasteiger partial charge in [0.05, 0.1) is 13.0 Å². The zero-order valence-electron chi connectivity index (χ0n) is 12.3. The number of amides is 2. The molecule has 1 aromatic rings. The molecule has 120 valence electrons. The summed E-state index contributed by atoms with van der Waals surface area (Å²) < 4.78 is 5.61. The van der Waals surface area contributed by atoms with Gasteiger partial charge in [0, 0.05) is 17.3 Å². The lowest BCUT2D eigenvalue weighted by atomic mass is 10.1. The Balaban J connectivity index is 2.55. The van der Waals surface area contributed by atoms with Crippen molar-refractivity contribution in [2.24, 2.45) is 5.73 Å². The lowest BCUT2D eigenvalue weighted by Gasteiger charge is -2.15. The number of primary amides is 1. The van der Waals surface area contributed by atoms with Crippen molar-refractivity contribution in [1.29, 1.82) is 0 Å². The zero-order chi connectivity index (χ0) is 16.5. The van der Waals surface area contributed by atoms with E-state index in [1.165, 1.54) is 0 Å². The van der Waals surface area contributed by atoms with E-state index in [9.17, 15) is 14.4 Å². The third kappa shape index (κ3) is 6.71. The molecule has 22 heavy (non-hydrogen) atoms. The van der Waals surface area contributed by atoms with E-state index in [1.54, 1.807) is 6.92 Å². The van der Waals surface area contributed by atoms with Gasteiger partial charge in [-0.05, 0) is 24.6 Å². The lowest BCUT2D eigenvalue weighted by molar-refractivity contribution is -0.144. The first-order valence-electron chi connectivity index (χ1n) is 6.91. The molecule has 0 aliphatic rings. The molecule has 2 amide bonds. The molecule has 0 radical (unpaired) electrons. The van der Waals surface area contributed by atoms with Gasteiger partial charge < -0.3 is 15.8 Å². The number of rotatable bonds is 8. The highest BCUT2D eigenvalue weighted by Crippen LogP contribution is 2.13. The zero-order valence-corrected chi connectivity index (χ0v) is 13.9. The molecule has 0 aromatic heterocycles. The van der Waals surface area contributed by atoms with Gasteiger partial charge in [-0.2, -0.15) is 0 Å². The molecule has 0 bridgehead atoms. The minimum atomic E-state index is -0.816. The third-order valence-electron chi connectivity index (χ3n) is 2.87. The number of carbonyl (C=O) groups excluding carboxylic acids is 3. The maximum Gasteiger partial charge on any atom is 0.306 e. The van der Waals surface area contributed by atoms with Crippen molar-refractivity contribution >= 4 is 33.7 Å². The molecule has 0 spiro atoms. The van der Waals surface area contributed by atoms with E-state index in [4.69, 9.17) is 10.5 Å². The molecule has 1 atom stereocenters. The minimum Gasteiger partial charge on any atom is -0.466 e. The number of carbonyl (C=O) groups is 3. The molecule has 0 saturated heterocycles. The molecule has 1 aromatic carbocycles. The molecule has 7 heteroatoms. The van der Waals surface area contributed by atoms with Crippen LogP contribution in [0.25, 0.3) is 0 Å². The van der Waals surface area contributed by atoms with Gasteiger partial charge in [0.1, 0.15) is 6.04 Å². The largest absolute Gasteiger partial charge is 0.466 e. The predicted molar refractivity (Wildman–Crippen MR) is 84.8 cm³/mol. The summed E-state index contributed by atoms with van der Waals surface area (Å²) in [4.78, 5) is 34.5. The number of nitrogens with two attached hydrogens (primary N) is 1. The summed E-state index contributed by atoms with van der Waals surface area (Å²) in [5, 5.41) is 2.55. The molecule has 0 unspecified atom stereocenters. The third-order valence-corrected chi connectivity index (χ3v) is 3.36. The molecule has 0 aliphatic carbocycles. The SMILES string of the molecule is CCOC(=O)CCC(=O)N[C@@H](Cc1cccc(Br)c1)C(N)=O. The second-order valence-corrected chi connectivity index (χ2v) is 5.58. The Labute approximate surface area is 137 Å². The number of ether oxygens (including phenoxy) is 1. The Morgan fingerprint density at radius 3 is 2.64 bits per heavy atom. The van der Waals surface area contributed by atoms with Crippen molar-refractivity contribution in [3.8, 4) is 0 Å². The molecular formula is C15H19BrN2O4. The average Bonchev–Trinajstić information content (AvgIpc) is 2.45. The van der Waals surface area contributed by atoms with Crippen LogP contribution in [0, 0.1) is 0 Å². The van der Waals surface area contributed by atoms with Gasteiger partial charge >= 0.3 is 5.97 Å². The summed E-state index contributed by atoms with van der Waals surface area (Å²) in [6, 6.07) is 6.57. The first-order chi connectivity index (χ1) is 10.4. The molecule has 0 heterocycles. The van der Waals surface area contributed by atoms with Gasteiger partial charge in [-0.3, -0.25) is 14.4 Å². The molecule has 0 saturated carbocycles. The highest BCUT2D eigenvalue weighted by atomic mass is 79.9. The van der Waals surface area contributed by atoms with Gasteiger partial charge in [-0.25, -0.2) is 0 Å². The Hall–Kier alpha value is -1.89. The van der Waals surface area contributed by atoms with Gasteiger partial charge in [0.2, 0.25) is 11.8 Å². The second-order valence-electron chi connectivity index (χ2n) is 4.66. The van der Waals surface area contributed by atoms with E-state index < -0.39 is 23.8 Å². The lowest BCUT2D eigenvalue weighted by Crippen LogP contribution is -2.45. The van der Waals surface area contributed by atoms with Crippen LogP contribution in [0.5, 0.6) is 0 Å². The molecule has 3 N–H and O–H groups in total. The van der Waals surface area contributed by atoms with Crippen molar-refractivity contribution in [3.05, 3.63) is 34.3 Å². The standard InChI is InChI=1S/C15H19BrN2O4/c1-2-22-14(20)7-6-13(19)18-12(15(17)21)9-10-4-3-5-11(16)8-10/h3-5,8,12H,2,6-7,9H2,1H3,(H2,17,21)(H,18,19)/t12-/m0/s1. The summed E-state index contributed by atoms with van der Waals surface area (Å²) >= 11 is 3.34. The highest BCUT2D eigenvalue weighted by Gasteiger charge is 2.19. The van der Waals surface area contributed by atoms with Crippen molar-refractivity contribution < 1.29 is 19.1 Å².